The van der Waals surface area contributed by atoms with Gasteiger partial charge in [0.25, 0.3) is 0 Å². The fourth-order valence-corrected chi connectivity index (χ4v) is 3.27. The average molecular weight is 359 g/mol. The predicted octanol–water partition coefficient (Wildman–Crippen LogP) is 3.46. The number of nitrogens with zero attached hydrogens (tertiary/aromatic N) is 3. The zero-order chi connectivity index (χ0) is 17.8. The summed E-state index contributed by atoms with van der Waals surface area (Å²) in [4.78, 5) is 0. The van der Waals surface area contributed by atoms with Crippen molar-refractivity contribution in [1.29, 1.82) is 0 Å². The Bertz CT molecular complexity index is 852. The summed E-state index contributed by atoms with van der Waals surface area (Å²) >= 11 is 1.37. The number of ether oxygens (including phenoxy) is 1. The van der Waals surface area contributed by atoms with Crippen LogP contribution < -0.4 is 4.74 Å². The van der Waals surface area contributed by atoms with Gasteiger partial charge in [0, 0.05) is 18.4 Å². The van der Waals surface area contributed by atoms with Gasteiger partial charge >= 0.3 is 0 Å². The topological polar surface area (TPSA) is 60.2 Å². The molecule has 1 N–H and O–H groups in total. The predicted molar refractivity (Wildman–Crippen MR) is 95.1 cm³/mol. The molecule has 25 heavy (non-hydrogen) atoms. The van der Waals surface area contributed by atoms with Gasteiger partial charge in [-0.1, -0.05) is 23.9 Å². The molecule has 2 aromatic carbocycles. The Balaban J connectivity index is 1.70. The molecule has 0 fully saturated rings. The highest BCUT2D eigenvalue weighted by molar-refractivity contribution is 7.99. The first-order valence-corrected chi connectivity index (χ1v) is 8.67. The molecule has 7 heteroatoms. The molecule has 0 saturated carbocycles. The molecule has 0 amide bonds. The monoisotopic (exact) mass is 359 g/mol. The van der Waals surface area contributed by atoms with Crippen LogP contribution in [-0.2, 0) is 7.05 Å². The Kier molecular flexibility index (Phi) is 5.35. The van der Waals surface area contributed by atoms with E-state index < -0.39 is 6.10 Å². The third-order valence-electron chi connectivity index (χ3n) is 3.79. The van der Waals surface area contributed by atoms with E-state index in [1.165, 1.54) is 23.9 Å². The number of benzene rings is 2. The summed E-state index contributed by atoms with van der Waals surface area (Å²) in [5.41, 5.74) is 1.47. The first-order valence-electron chi connectivity index (χ1n) is 7.68. The summed E-state index contributed by atoms with van der Waals surface area (Å²) in [7, 11) is 3.49. The van der Waals surface area contributed by atoms with E-state index in [0.29, 0.717) is 16.5 Å². The number of rotatable bonds is 6. The van der Waals surface area contributed by atoms with Crippen LogP contribution in [0.3, 0.4) is 0 Å². The number of halogens is 1. The number of hydrogen-bond acceptors (Lipinski definition) is 5. The molecule has 1 unspecified atom stereocenters. The average Bonchev–Trinajstić information content (AvgIpc) is 3.00. The number of thioether (sulfide) groups is 1. The summed E-state index contributed by atoms with van der Waals surface area (Å²) in [5.74, 6) is 1.50. The van der Waals surface area contributed by atoms with Crippen molar-refractivity contribution in [3.63, 3.8) is 0 Å². The maximum atomic E-state index is 13.2. The van der Waals surface area contributed by atoms with Crippen molar-refractivity contribution in [2.45, 2.75) is 11.3 Å². The van der Waals surface area contributed by atoms with Crippen LogP contribution in [0.4, 0.5) is 4.39 Å². The first kappa shape index (κ1) is 17.4. The highest BCUT2D eigenvalue weighted by Crippen LogP contribution is 2.27. The van der Waals surface area contributed by atoms with E-state index in [9.17, 15) is 9.50 Å². The molecular formula is C18H18FN3O2S. The van der Waals surface area contributed by atoms with E-state index in [0.717, 1.165) is 17.1 Å². The van der Waals surface area contributed by atoms with Gasteiger partial charge in [0.15, 0.2) is 11.0 Å². The number of aliphatic hydroxyl groups excluding tert-OH is 1. The lowest BCUT2D eigenvalue weighted by atomic mass is 10.1. The van der Waals surface area contributed by atoms with Gasteiger partial charge in [0.2, 0.25) is 0 Å². The minimum atomic E-state index is -0.776. The van der Waals surface area contributed by atoms with Gasteiger partial charge in [-0.25, -0.2) is 4.39 Å². The van der Waals surface area contributed by atoms with Gasteiger partial charge in [-0.3, -0.25) is 0 Å². The van der Waals surface area contributed by atoms with E-state index in [4.69, 9.17) is 4.74 Å². The van der Waals surface area contributed by atoms with Crippen LogP contribution in [0.1, 0.15) is 11.7 Å². The second-order valence-electron chi connectivity index (χ2n) is 5.48. The largest absolute Gasteiger partial charge is 0.497 e. The second kappa shape index (κ2) is 7.67. The van der Waals surface area contributed by atoms with Crippen LogP contribution >= 0.6 is 11.8 Å². The van der Waals surface area contributed by atoms with Gasteiger partial charge in [0.1, 0.15) is 11.6 Å². The first-order chi connectivity index (χ1) is 12.1. The summed E-state index contributed by atoms with van der Waals surface area (Å²) in [6.07, 6.45) is -0.776. The van der Waals surface area contributed by atoms with Crippen molar-refractivity contribution in [1.82, 2.24) is 14.8 Å². The molecule has 1 heterocycles. The van der Waals surface area contributed by atoms with Crippen LogP contribution in [0.5, 0.6) is 5.75 Å². The number of aliphatic hydroxyl groups is 1. The van der Waals surface area contributed by atoms with Gasteiger partial charge in [-0.2, -0.15) is 0 Å². The number of hydrogen-bond donors (Lipinski definition) is 1. The van der Waals surface area contributed by atoms with E-state index in [1.54, 1.807) is 19.2 Å². The van der Waals surface area contributed by atoms with Crippen LogP contribution in [0.2, 0.25) is 0 Å². The molecule has 3 rings (SSSR count). The van der Waals surface area contributed by atoms with E-state index >= 15 is 0 Å². The third kappa shape index (κ3) is 4.00. The quantitative estimate of drug-likeness (QED) is 0.683. The molecule has 0 aliphatic rings. The molecule has 130 valence electrons. The Morgan fingerprint density at radius 3 is 2.64 bits per heavy atom. The minimum Gasteiger partial charge on any atom is -0.497 e. The van der Waals surface area contributed by atoms with Crippen molar-refractivity contribution >= 4 is 11.8 Å². The fraction of sp³-hybridized carbons (Fsp3) is 0.222. The molecule has 0 aliphatic heterocycles. The lowest BCUT2D eigenvalue weighted by molar-refractivity contribution is 0.203. The molecule has 0 radical (unpaired) electrons. The SMILES string of the molecule is COc1ccc(-c2nnc(SCC(O)c3cccc(F)c3)n2C)cc1. The van der Waals surface area contributed by atoms with E-state index in [-0.39, 0.29) is 5.82 Å². The summed E-state index contributed by atoms with van der Waals surface area (Å²) in [6.45, 7) is 0. The van der Waals surface area contributed by atoms with Crippen LogP contribution in [0, 0.1) is 5.82 Å². The zero-order valence-corrected chi connectivity index (χ0v) is 14.7. The van der Waals surface area contributed by atoms with E-state index in [1.807, 2.05) is 35.9 Å². The molecule has 1 aromatic heterocycles. The number of methoxy groups -OCH3 is 1. The summed E-state index contributed by atoms with van der Waals surface area (Å²) < 4.78 is 20.3. The summed E-state index contributed by atoms with van der Waals surface area (Å²) in [6, 6.07) is 13.5. The highest BCUT2D eigenvalue weighted by Gasteiger charge is 2.14. The standard InChI is InChI=1S/C18H18FN3O2S/c1-22-17(12-6-8-15(24-2)9-7-12)20-21-18(22)25-11-16(23)13-4-3-5-14(19)10-13/h3-10,16,23H,11H2,1-2H3. The Morgan fingerprint density at radius 1 is 1.20 bits per heavy atom. The Labute approximate surface area is 149 Å². The molecule has 5 nitrogen and oxygen atoms in total. The van der Waals surface area contributed by atoms with E-state index in [2.05, 4.69) is 10.2 Å². The lowest BCUT2D eigenvalue weighted by Gasteiger charge is -2.10. The van der Waals surface area contributed by atoms with Crippen LogP contribution in [0.15, 0.2) is 53.7 Å². The highest BCUT2D eigenvalue weighted by atomic mass is 32.2. The van der Waals surface area contributed by atoms with Crippen molar-refractivity contribution < 1.29 is 14.2 Å². The zero-order valence-electron chi connectivity index (χ0n) is 13.9. The molecule has 0 saturated heterocycles. The van der Waals surface area contributed by atoms with Gasteiger partial charge < -0.3 is 14.4 Å². The van der Waals surface area contributed by atoms with Crippen molar-refractivity contribution in [3.8, 4) is 17.1 Å². The van der Waals surface area contributed by atoms with Gasteiger partial charge in [-0.05, 0) is 42.0 Å². The van der Waals surface area contributed by atoms with Gasteiger partial charge in [0.05, 0.1) is 13.2 Å². The van der Waals surface area contributed by atoms with Crippen molar-refractivity contribution in [3.05, 3.63) is 59.9 Å². The molecule has 0 bridgehead atoms. The molecule has 0 spiro atoms. The smallest absolute Gasteiger partial charge is 0.191 e. The maximum absolute atomic E-state index is 13.2. The lowest BCUT2D eigenvalue weighted by Crippen LogP contribution is -2.02. The third-order valence-corrected chi connectivity index (χ3v) is 4.88. The minimum absolute atomic E-state index is 0.359. The maximum Gasteiger partial charge on any atom is 0.191 e. The Hall–Kier alpha value is -2.38. The van der Waals surface area contributed by atoms with Crippen LogP contribution in [-0.4, -0.2) is 32.7 Å². The Morgan fingerprint density at radius 2 is 1.96 bits per heavy atom. The molecular weight excluding hydrogens is 341 g/mol. The molecule has 1 atom stereocenters. The summed E-state index contributed by atoms with van der Waals surface area (Å²) in [5, 5.41) is 19.3. The van der Waals surface area contributed by atoms with Crippen molar-refractivity contribution in [2.75, 3.05) is 12.9 Å². The normalized spacial score (nSPS) is 12.2. The fourth-order valence-electron chi connectivity index (χ4n) is 2.40. The second-order valence-corrected chi connectivity index (χ2v) is 6.46. The van der Waals surface area contributed by atoms with Crippen molar-refractivity contribution in [2.24, 2.45) is 7.05 Å². The van der Waals surface area contributed by atoms with Crippen LogP contribution in [0.25, 0.3) is 11.4 Å². The van der Waals surface area contributed by atoms with Gasteiger partial charge in [-0.15, -0.1) is 10.2 Å². The molecule has 0 aliphatic carbocycles. The number of aromatic nitrogens is 3. The molecule has 3 aromatic rings.